The first-order valence-electron chi connectivity index (χ1n) is 5.61. The molecule has 0 aliphatic rings. The summed E-state index contributed by atoms with van der Waals surface area (Å²) in [5.41, 5.74) is 2.59. The molecule has 17 heavy (non-hydrogen) atoms. The Balaban J connectivity index is 2.50. The molecular formula is C13H19NO2S. The van der Waals surface area contributed by atoms with Gasteiger partial charge in [-0.2, -0.15) is 0 Å². The maximum atomic E-state index is 11.0. The highest BCUT2D eigenvalue weighted by atomic mass is 32.2. The first-order chi connectivity index (χ1) is 8.17. The Morgan fingerprint density at radius 3 is 2.82 bits per heavy atom. The fourth-order valence-corrected chi connectivity index (χ4v) is 2.43. The molecule has 0 atom stereocenters. The van der Waals surface area contributed by atoms with Crippen molar-refractivity contribution in [3.8, 4) is 0 Å². The van der Waals surface area contributed by atoms with Gasteiger partial charge in [0.25, 0.3) is 0 Å². The fourth-order valence-electron chi connectivity index (χ4n) is 1.50. The monoisotopic (exact) mass is 253 g/mol. The zero-order valence-electron chi connectivity index (χ0n) is 10.6. The number of hydrogen-bond donors (Lipinski definition) is 1. The summed E-state index contributed by atoms with van der Waals surface area (Å²) >= 11 is 1.68. The number of rotatable bonds is 6. The van der Waals surface area contributed by atoms with Crippen LogP contribution in [0.3, 0.4) is 0 Å². The molecule has 0 amide bonds. The Hall–Kier alpha value is -1.00. The van der Waals surface area contributed by atoms with Gasteiger partial charge in [-0.05, 0) is 37.2 Å². The summed E-state index contributed by atoms with van der Waals surface area (Å²) in [5.74, 6) is 0.610. The lowest BCUT2D eigenvalue weighted by atomic mass is 10.1. The summed E-state index contributed by atoms with van der Waals surface area (Å²) in [6.07, 6.45) is 0.457. The molecule has 0 aromatic heterocycles. The van der Waals surface area contributed by atoms with Crippen LogP contribution in [0.25, 0.3) is 0 Å². The van der Waals surface area contributed by atoms with Crippen molar-refractivity contribution >= 4 is 17.7 Å². The number of nitrogens with one attached hydrogen (secondary N) is 1. The van der Waals surface area contributed by atoms with Gasteiger partial charge in [0.05, 0.1) is 13.5 Å². The van der Waals surface area contributed by atoms with Crippen molar-refractivity contribution in [1.29, 1.82) is 0 Å². The minimum atomic E-state index is -0.152. The second-order valence-corrected chi connectivity index (χ2v) is 4.96. The third-order valence-corrected chi connectivity index (χ3v) is 3.48. The molecular weight excluding hydrogens is 234 g/mol. The predicted molar refractivity (Wildman–Crippen MR) is 71.3 cm³/mol. The van der Waals surface area contributed by atoms with Crippen LogP contribution >= 0.6 is 11.8 Å². The van der Waals surface area contributed by atoms with Crippen LogP contribution in [0, 0.1) is 6.92 Å². The van der Waals surface area contributed by atoms with Crippen LogP contribution in [0.15, 0.2) is 23.1 Å². The third-order valence-electron chi connectivity index (χ3n) is 2.48. The molecule has 0 radical (unpaired) electrons. The van der Waals surface area contributed by atoms with E-state index in [9.17, 15) is 4.79 Å². The quantitative estimate of drug-likeness (QED) is 0.624. The van der Waals surface area contributed by atoms with Crippen LogP contribution in [0.2, 0.25) is 0 Å². The number of hydrogen-bond acceptors (Lipinski definition) is 4. The Labute approximate surface area is 107 Å². The van der Waals surface area contributed by atoms with Crippen LogP contribution < -0.4 is 5.32 Å². The van der Waals surface area contributed by atoms with E-state index in [1.54, 1.807) is 11.8 Å². The topological polar surface area (TPSA) is 38.3 Å². The maximum absolute atomic E-state index is 11.0. The number of carbonyl (C=O) groups excluding carboxylic acids is 1. The van der Waals surface area contributed by atoms with Crippen LogP contribution in [0.1, 0.15) is 17.5 Å². The zero-order chi connectivity index (χ0) is 12.7. The molecule has 1 rings (SSSR count). The molecule has 1 aromatic carbocycles. The molecule has 0 saturated heterocycles. The Morgan fingerprint density at radius 1 is 1.47 bits per heavy atom. The van der Waals surface area contributed by atoms with Crippen molar-refractivity contribution in [3.05, 3.63) is 29.3 Å². The Kier molecular flexibility index (Phi) is 6.08. The van der Waals surface area contributed by atoms with E-state index in [0.29, 0.717) is 6.42 Å². The van der Waals surface area contributed by atoms with E-state index in [0.717, 1.165) is 12.3 Å². The highest BCUT2D eigenvalue weighted by Gasteiger charge is 2.03. The SMILES string of the molecule is CNCc1ccc(SCCC(=O)OC)cc1C. The van der Waals surface area contributed by atoms with Crippen LogP contribution in [0.4, 0.5) is 0 Å². The highest BCUT2D eigenvalue weighted by molar-refractivity contribution is 7.99. The smallest absolute Gasteiger partial charge is 0.306 e. The van der Waals surface area contributed by atoms with Crippen LogP contribution in [-0.2, 0) is 16.1 Å². The maximum Gasteiger partial charge on any atom is 0.306 e. The first kappa shape index (κ1) is 14.1. The van der Waals surface area contributed by atoms with Gasteiger partial charge >= 0.3 is 5.97 Å². The average Bonchev–Trinajstić information content (AvgIpc) is 2.32. The molecule has 0 unspecified atom stereocenters. The molecule has 0 heterocycles. The fraction of sp³-hybridized carbons (Fsp3) is 0.462. The number of ether oxygens (including phenoxy) is 1. The average molecular weight is 253 g/mol. The zero-order valence-corrected chi connectivity index (χ0v) is 11.4. The molecule has 0 bridgehead atoms. The second-order valence-electron chi connectivity index (χ2n) is 3.79. The van der Waals surface area contributed by atoms with Gasteiger partial charge in [-0.15, -0.1) is 11.8 Å². The molecule has 1 aromatic rings. The number of aryl methyl sites for hydroxylation is 1. The Morgan fingerprint density at radius 2 is 2.24 bits per heavy atom. The van der Waals surface area contributed by atoms with Gasteiger partial charge < -0.3 is 10.1 Å². The van der Waals surface area contributed by atoms with Crippen molar-refractivity contribution in [2.24, 2.45) is 0 Å². The molecule has 4 heteroatoms. The lowest BCUT2D eigenvalue weighted by molar-refractivity contribution is -0.140. The molecule has 3 nitrogen and oxygen atoms in total. The number of benzene rings is 1. The summed E-state index contributed by atoms with van der Waals surface area (Å²) < 4.78 is 4.60. The Bertz CT molecular complexity index is 380. The minimum absolute atomic E-state index is 0.152. The van der Waals surface area contributed by atoms with Gasteiger partial charge in [-0.1, -0.05) is 6.07 Å². The van der Waals surface area contributed by atoms with E-state index >= 15 is 0 Å². The molecule has 94 valence electrons. The van der Waals surface area contributed by atoms with Crippen molar-refractivity contribution in [1.82, 2.24) is 5.32 Å². The van der Waals surface area contributed by atoms with Gasteiger partial charge in [0.1, 0.15) is 0 Å². The van der Waals surface area contributed by atoms with E-state index in [1.807, 2.05) is 7.05 Å². The third kappa shape index (κ3) is 4.79. The summed E-state index contributed by atoms with van der Waals surface area (Å²) in [6.45, 7) is 3.00. The van der Waals surface area contributed by atoms with Gasteiger partial charge in [-0.3, -0.25) is 4.79 Å². The second kappa shape index (κ2) is 7.35. The van der Waals surface area contributed by atoms with E-state index in [2.05, 4.69) is 35.2 Å². The van der Waals surface area contributed by atoms with Crippen molar-refractivity contribution in [3.63, 3.8) is 0 Å². The standard InChI is InChI=1S/C13H19NO2S/c1-10-8-12(5-4-11(10)9-14-2)17-7-6-13(15)16-3/h4-5,8,14H,6-7,9H2,1-3H3. The molecule has 0 saturated carbocycles. The van der Waals surface area contributed by atoms with Gasteiger partial charge in [0.15, 0.2) is 0 Å². The molecule has 0 spiro atoms. The number of carbonyl (C=O) groups is 1. The molecule has 0 fully saturated rings. The van der Waals surface area contributed by atoms with Crippen LogP contribution in [0.5, 0.6) is 0 Å². The molecule has 0 aliphatic heterocycles. The summed E-state index contributed by atoms with van der Waals surface area (Å²) in [6, 6.07) is 6.39. The van der Waals surface area contributed by atoms with E-state index in [-0.39, 0.29) is 5.97 Å². The predicted octanol–water partition coefficient (Wildman–Crippen LogP) is 2.37. The summed E-state index contributed by atoms with van der Waals surface area (Å²) in [7, 11) is 3.36. The molecule has 1 N–H and O–H groups in total. The van der Waals surface area contributed by atoms with Gasteiger partial charge in [0, 0.05) is 17.2 Å². The number of thioether (sulfide) groups is 1. The lowest BCUT2D eigenvalue weighted by Gasteiger charge is -2.07. The van der Waals surface area contributed by atoms with E-state index < -0.39 is 0 Å². The first-order valence-corrected chi connectivity index (χ1v) is 6.59. The number of esters is 1. The van der Waals surface area contributed by atoms with Gasteiger partial charge in [-0.25, -0.2) is 0 Å². The minimum Gasteiger partial charge on any atom is -0.469 e. The van der Waals surface area contributed by atoms with Crippen molar-refractivity contribution in [2.45, 2.75) is 24.8 Å². The van der Waals surface area contributed by atoms with Crippen LogP contribution in [-0.4, -0.2) is 25.9 Å². The summed E-state index contributed by atoms with van der Waals surface area (Å²) in [5, 5.41) is 3.14. The van der Waals surface area contributed by atoms with Crippen molar-refractivity contribution < 1.29 is 9.53 Å². The normalized spacial score (nSPS) is 10.3. The van der Waals surface area contributed by atoms with E-state index in [4.69, 9.17) is 0 Å². The van der Waals surface area contributed by atoms with Crippen molar-refractivity contribution in [2.75, 3.05) is 19.9 Å². The molecule has 0 aliphatic carbocycles. The largest absolute Gasteiger partial charge is 0.469 e. The van der Waals surface area contributed by atoms with E-state index in [1.165, 1.54) is 23.1 Å². The summed E-state index contributed by atoms with van der Waals surface area (Å²) in [4.78, 5) is 12.2. The highest BCUT2D eigenvalue weighted by Crippen LogP contribution is 2.22. The van der Waals surface area contributed by atoms with Gasteiger partial charge in [0.2, 0.25) is 0 Å². The lowest BCUT2D eigenvalue weighted by Crippen LogP contribution is -2.06. The number of methoxy groups -OCH3 is 1.